The Balaban J connectivity index is 3.42. The Morgan fingerprint density at radius 2 is 1.93 bits per heavy atom. The van der Waals surface area contributed by atoms with Crippen molar-refractivity contribution in [2.45, 2.75) is 45.7 Å². The molecule has 0 aliphatic carbocycles. The van der Waals surface area contributed by atoms with Crippen molar-refractivity contribution in [2.75, 3.05) is 32.1 Å². The summed E-state index contributed by atoms with van der Waals surface area (Å²) in [5.74, 6) is 1.27. The third-order valence-corrected chi connectivity index (χ3v) is 3.38. The molecule has 0 aliphatic heterocycles. The number of hydrogen-bond acceptors (Lipinski definition) is 3. The van der Waals surface area contributed by atoms with E-state index < -0.39 is 0 Å². The quantitative estimate of drug-likeness (QED) is 0.615. The minimum atomic E-state index is 0.615. The first kappa shape index (κ1) is 15.3. The van der Waals surface area contributed by atoms with E-state index in [9.17, 15) is 0 Å². The summed E-state index contributed by atoms with van der Waals surface area (Å²) in [6, 6.07) is 1.33. The van der Waals surface area contributed by atoms with E-state index in [1.165, 1.54) is 25.1 Å². The van der Waals surface area contributed by atoms with Crippen molar-refractivity contribution in [1.82, 2.24) is 10.2 Å². The largest absolute Gasteiger partial charge is 0.314 e. The molecule has 2 nitrogen and oxygen atoms in total. The van der Waals surface area contributed by atoms with Crippen molar-refractivity contribution >= 4 is 11.8 Å². The normalized spacial score (nSPS) is 13.8. The van der Waals surface area contributed by atoms with Crippen LogP contribution in [0.3, 0.4) is 0 Å². The summed E-state index contributed by atoms with van der Waals surface area (Å²) in [6.45, 7) is 9.06. The average Bonchev–Trinajstić information content (AvgIpc) is 2.20. The number of hydrogen-bond donors (Lipinski definition) is 1. The summed E-state index contributed by atoms with van der Waals surface area (Å²) in [7, 11) is 2.24. The summed E-state index contributed by atoms with van der Waals surface area (Å²) in [5, 5.41) is 3.45. The number of rotatable bonds is 9. The zero-order chi connectivity index (χ0) is 11.7. The molecule has 0 aromatic heterocycles. The maximum Gasteiger partial charge on any atom is 0.00717 e. The Morgan fingerprint density at radius 3 is 2.47 bits per heavy atom. The lowest BCUT2D eigenvalue weighted by Crippen LogP contribution is -2.33. The fourth-order valence-electron chi connectivity index (χ4n) is 1.45. The second kappa shape index (κ2) is 9.49. The fourth-order valence-corrected chi connectivity index (χ4v) is 2.03. The standard InChI is InChI=1S/C12H28N2S/c1-11(2)13-8-6-9-14(4)12(3)7-10-15-5/h11-13H,6-10H2,1-5H3. The molecular weight excluding hydrogens is 204 g/mol. The van der Waals surface area contributed by atoms with Crippen molar-refractivity contribution in [3.63, 3.8) is 0 Å². The highest BCUT2D eigenvalue weighted by Gasteiger charge is 2.07. The summed E-state index contributed by atoms with van der Waals surface area (Å²) in [5.41, 5.74) is 0. The van der Waals surface area contributed by atoms with Crippen LogP contribution in [0.4, 0.5) is 0 Å². The molecule has 0 amide bonds. The molecule has 0 bridgehead atoms. The van der Waals surface area contributed by atoms with Crippen LogP contribution in [0.1, 0.15) is 33.6 Å². The van der Waals surface area contributed by atoms with Gasteiger partial charge in [-0.05, 0) is 51.9 Å². The maximum atomic E-state index is 3.45. The van der Waals surface area contributed by atoms with Gasteiger partial charge in [-0.2, -0.15) is 11.8 Å². The lowest BCUT2D eigenvalue weighted by Gasteiger charge is -2.24. The van der Waals surface area contributed by atoms with Crippen molar-refractivity contribution < 1.29 is 0 Å². The van der Waals surface area contributed by atoms with Gasteiger partial charge in [0.2, 0.25) is 0 Å². The molecule has 0 aromatic carbocycles. The predicted molar refractivity (Wildman–Crippen MR) is 72.8 cm³/mol. The van der Waals surface area contributed by atoms with Crippen molar-refractivity contribution in [3.8, 4) is 0 Å². The third-order valence-electron chi connectivity index (χ3n) is 2.73. The number of thioether (sulfide) groups is 1. The number of nitrogens with zero attached hydrogens (tertiary/aromatic N) is 1. The topological polar surface area (TPSA) is 15.3 Å². The Labute approximate surface area is 100 Å². The van der Waals surface area contributed by atoms with Gasteiger partial charge >= 0.3 is 0 Å². The molecule has 1 N–H and O–H groups in total. The van der Waals surface area contributed by atoms with Crippen LogP contribution in [0.5, 0.6) is 0 Å². The van der Waals surface area contributed by atoms with Crippen molar-refractivity contribution in [3.05, 3.63) is 0 Å². The first-order chi connectivity index (χ1) is 7.07. The lowest BCUT2D eigenvalue weighted by atomic mass is 10.2. The van der Waals surface area contributed by atoms with Crippen molar-refractivity contribution in [1.29, 1.82) is 0 Å². The molecule has 0 rings (SSSR count). The monoisotopic (exact) mass is 232 g/mol. The number of nitrogens with one attached hydrogen (secondary N) is 1. The summed E-state index contributed by atoms with van der Waals surface area (Å²) in [4.78, 5) is 2.47. The smallest absolute Gasteiger partial charge is 0.00717 e. The first-order valence-electron chi connectivity index (χ1n) is 6.00. The van der Waals surface area contributed by atoms with E-state index in [4.69, 9.17) is 0 Å². The molecule has 0 radical (unpaired) electrons. The molecule has 1 atom stereocenters. The van der Waals surface area contributed by atoms with E-state index >= 15 is 0 Å². The highest BCUT2D eigenvalue weighted by Crippen LogP contribution is 2.06. The summed E-state index contributed by atoms with van der Waals surface area (Å²) >= 11 is 1.94. The van der Waals surface area contributed by atoms with Crippen LogP contribution in [0.2, 0.25) is 0 Å². The van der Waals surface area contributed by atoms with Crippen LogP contribution in [0.25, 0.3) is 0 Å². The molecule has 92 valence electrons. The Kier molecular flexibility index (Phi) is 9.66. The lowest BCUT2D eigenvalue weighted by molar-refractivity contribution is 0.248. The zero-order valence-corrected chi connectivity index (χ0v) is 11.9. The molecular formula is C12H28N2S. The van der Waals surface area contributed by atoms with Gasteiger partial charge < -0.3 is 10.2 Å². The summed E-state index contributed by atoms with van der Waals surface area (Å²) in [6.07, 6.45) is 4.73. The Hall–Kier alpha value is 0.270. The molecule has 0 aromatic rings. The highest BCUT2D eigenvalue weighted by atomic mass is 32.2. The van der Waals surface area contributed by atoms with Crippen LogP contribution in [-0.4, -0.2) is 49.1 Å². The van der Waals surface area contributed by atoms with Gasteiger partial charge in [-0.3, -0.25) is 0 Å². The zero-order valence-electron chi connectivity index (χ0n) is 11.0. The van der Waals surface area contributed by atoms with Crippen LogP contribution < -0.4 is 5.32 Å². The van der Waals surface area contributed by atoms with E-state index in [0.29, 0.717) is 6.04 Å². The van der Waals surface area contributed by atoms with E-state index in [-0.39, 0.29) is 0 Å². The minimum absolute atomic E-state index is 0.615. The SMILES string of the molecule is CSCCC(C)N(C)CCCNC(C)C. The molecule has 0 heterocycles. The van der Waals surface area contributed by atoms with Gasteiger partial charge in [0.05, 0.1) is 0 Å². The average molecular weight is 232 g/mol. The van der Waals surface area contributed by atoms with Crippen LogP contribution >= 0.6 is 11.8 Å². The van der Waals surface area contributed by atoms with Gasteiger partial charge in [0.15, 0.2) is 0 Å². The first-order valence-corrected chi connectivity index (χ1v) is 7.39. The molecule has 0 saturated heterocycles. The molecule has 0 aliphatic rings. The molecule has 0 fully saturated rings. The minimum Gasteiger partial charge on any atom is -0.314 e. The van der Waals surface area contributed by atoms with Gasteiger partial charge in [-0.25, -0.2) is 0 Å². The van der Waals surface area contributed by atoms with Crippen molar-refractivity contribution in [2.24, 2.45) is 0 Å². The molecule has 0 saturated carbocycles. The third kappa shape index (κ3) is 9.21. The van der Waals surface area contributed by atoms with E-state index in [2.05, 4.69) is 44.3 Å². The van der Waals surface area contributed by atoms with Gasteiger partial charge in [-0.15, -0.1) is 0 Å². The van der Waals surface area contributed by atoms with E-state index in [0.717, 1.165) is 12.6 Å². The van der Waals surface area contributed by atoms with Gasteiger partial charge in [-0.1, -0.05) is 13.8 Å². The molecule has 1 unspecified atom stereocenters. The van der Waals surface area contributed by atoms with E-state index in [1.807, 2.05) is 11.8 Å². The molecule has 15 heavy (non-hydrogen) atoms. The molecule has 3 heteroatoms. The van der Waals surface area contributed by atoms with E-state index in [1.54, 1.807) is 0 Å². The molecule has 0 spiro atoms. The van der Waals surface area contributed by atoms with Crippen LogP contribution in [0, 0.1) is 0 Å². The second-order valence-corrected chi connectivity index (χ2v) is 5.56. The van der Waals surface area contributed by atoms with Gasteiger partial charge in [0.1, 0.15) is 0 Å². The van der Waals surface area contributed by atoms with Gasteiger partial charge in [0.25, 0.3) is 0 Å². The predicted octanol–water partition coefficient (Wildman–Crippen LogP) is 2.45. The Morgan fingerprint density at radius 1 is 1.27 bits per heavy atom. The van der Waals surface area contributed by atoms with Gasteiger partial charge in [0, 0.05) is 12.1 Å². The maximum absolute atomic E-state index is 3.45. The highest BCUT2D eigenvalue weighted by molar-refractivity contribution is 7.98. The fraction of sp³-hybridized carbons (Fsp3) is 1.00. The van der Waals surface area contributed by atoms with Crippen LogP contribution in [-0.2, 0) is 0 Å². The van der Waals surface area contributed by atoms with Crippen LogP contribution in [0.15, 0.2) is 0 Å². The second-order valence-electron chi connectivity index (χ2n) is 4.57. The summed E-state index contributed by atoms with van der Waals surface area (Å²) < 4.78 is 0. The Bertz CT molecular complexity index is 140.